The number of halogens is 3. The fraction of sp³-hybridized carbons (Fsp3) is 0.391. The first kappa shape index (κ1) is 20.1. The summed E-state index contributed by atoms with van der Waals surface area (Å²) >= 11 is 3.46. The minimum atomic E-state index is -0.556. The Morgan fingerprint density at radius 3 is 2.56 bits per heavy atom. The van der Waals surface area contributed by atoms with Crippen molar-refractivity contribution in [1.29, 1.82) is 0 Å². The highest BCUT2D eigenvalue weighted by molar-refractivity contribution is 9.09. The summed E-state index contributed by atoms with van der Waals surface area (Å²) in [5.74, 6) is -0.770. The van der Waals surface area contributed by atoms with Crippen LogP contribution in [0.5, 0.6) is 5.75 Å². The van der Waals surface area contributed by atoms with Crippen LogP contribution >= 0.6 is 15.9 Å². The molecule has 0 radical (unpaired) electrons. The van der Waals surface area contributed by atoms with E-state index in [0.717, 1.165) is 72.2 Å². The average molecular weight is 435 g/mol. The van der Waals surface area contributed by atoms with Crippen molar-refractivity contribution in [2.45, 2.75) is 51.4 Å². The van der Waals surface area contributed by atoms with Crippen LogP contribution in [0.2, 0.25) is 0 Å². The molecule has 3 rings (SSSR count). The Labute approximate surface area is 168 Å². The molecule has 1 nitrogen and oxygen atoms in total. The second kappa shape index (κ2) is 9.50. The molecule has 1 aliphatic carbocycles. The van der Waals surface area contributed by atoms with E-state index in [1.807, 2.05) is 18.2 Å². The Kier molecular flexibility index (Phi) is 7.06. The molecule has 0 fully saturated rings. The van der Waals surface area contributed by atoms with Crippen LogP contribution in [0, 0.1) is 11.6 Å². The number of unbranched alkanes of at least 4 members (excludes halogenated alkanes) is 3. The summed E-state index contributed by atoms with van der Waals surface area (Å²) < 4.78 is 27.6. The SMILES string of the molecule is Oc1cc(CCCCCCBr)c2c(c1)CCCC(c1ccc(F)cc1F)=C2. The Balaban J connectivity index is 1.91. The highest BCUT2D eigenvalue weighted by Crippen LogP contribution is 2.35. The minimum absolute atomic E-state index is 0.300. The fourth-order valence-electron chi connectivity index (χ4n) is 3.80. The number of aryl methyl sites for hydroxylation is 2. The van der Waals surface area contributed by atoms with Crippen molar-refractivity contribution in [3.05, 3.63) is 64.2 Å². The molecule has 0 spiro atoms. The first-order valence-corrected chi connectivity index (χ1v) is 10.8. The monoisotopic (exact) mass is 434 g/mol. The van der Waals surface area contributed by atoms with E-state index < -0.39 is 11.6 Å². The minimum Gasteiger partial charge on any atom is -0.508 e. The molecule has 1 aliphatic rings. The summed E-state index contributed by atoms with van der Waals surface area (Å²) in [6.07, 6.45) is 9.99. The Morgan fingerprint density at radius 2 is 1.78 bits per heavy atom. The third kappa shape index (κ3) is 5.19. The van der Waals surface area contributed by atoms with E-state index >= 15 is 0 Å². The van der Waals surface area contributed by atoms with Crippen LogP contribution in [0.25, 0.3) is 11.6 Å². The van der Waals surface area contributed by atoms with Gasteiger partial charge in [0.25, 0.3) is 0 Å². The molecule has 0 aliphatic heterocycles. The molecule has 1 N–H and O–H groups in total. The van der Waals surface area contributed by atoms with Crippen molar-refractivity contribution in [2.24, 2.45) is 0 Å². The van der Waals surface area contributed by atoms with Crippen molar-refractivity contribution < 1.29 is 13.9 Å². The van der Waals surface area contributed by atoms with Gasteiger partial charge in [0.15, 0.2) is 0 Å². The third-order valence-electron chi connectivity index (χ3n) is 5.15. The van der Waals surface area contributed by atoms with E-state index in [9.17, 15) is 13.9 Å². The predicted molar refractivity (Wildman–Crippen MR) is 111 cm³/mol. The maximum absolute atomic E-state index is 14.3. The van der Waals surface area contributed by atoms with Crippen molar-refractivity contribution in [1.82, 2.24) is 0 Å². The van der Waals surface area contributed by atoms with Gasteiger partial charge in [-0.05, 0) is 85.1 Å². The lowest BCUT2D eigenvalue weighted by atomic mass is 9.93. The van der Waals surface area contributed by atoms with Crippen molar-refractivity contribution >= 4 is 27.6 Å². The zero-order valence-corrected chi connectivity index (χ0v) is 17.0. The quantitative estimate of drug-likeness (QED) is 0.365. The van der Waals surface area contributed by atoms with Crippen LogP contribution in [0.4, 0.5) is 8.78 Å². The molecule has 0 heterocycles. The van der Waals surface area contributed by atoms with Crippen LogP contribution in [-0.4, -0.2) is 10.4 Å². The predicted octanol–water partition coefficient (Wildman–Crippen LogP) is 7.05. The molecule has 144 valence electrons. The Morgan fingerprint density at radius 1 is 0.963 bits per heavy atom. The van der Waals surface area contributed by atoms with E-state index in [1.165, 1.54) is 25.0 Å². The molecule has 0 aromatic heterocycles. The maximum Gasteiger partial charge on any atom is 0.133 e. The number of phenols is 1. The molecule has 0 unspecified atom stereocenters. The van der Waals surface area contributed by atoms with Crippen molar-refractivity contribution in [2.75, 3.05) is 5.33 Å². The van der Waals surface area contributed by atoms with Gasteiger partial charge in [-0.1, -0.05) is 34.8 Å². The largest absolute Gasteiger partial charge is 0.508 e. The highest BCUT2D eigenvalue weighted by atomic mass is 79.9. The lowest BCUT2D eigenvalue weighted by Crippen LogP contribution is -1.96. The normalized spacial score (nSPS) is 13.8. The van der Waals surface area contributed by atoms with E-state index in [-0.39, 0.29) is 0 Å². The van der Waals surface area contributed by atoms with E-state index in [1.54, 1.807) is 0 Å². The summed E-state index contributed by atoms with van der Waals surface area (Å²) in [5, 5.41) is 11.2. The number of aromatic hydroxyl groups is 1. The van der Waals surface area contributed by atoms with Gasteiger partial charge in [-0.3, -0.25) is 0 Å². The van der Waals surface area contributed by atoms with Gasteiger partial charge in [0, 0.05) is 17.0 Å². The number of hydrogen-bond donors (Lipinski definition) is 1. The van der Waals surface area contributed by atoms with E-state index in [0.29, 0.717) is 11.3 Å². The fourth-order valence-corrected chi connectivity index (χ4v) is 4.20. The summed E-state index contributed by atoms with van der Waals surface area (Å²) in [5.41, 5.74) is 4.70. The standard InChI is InChI=1S/C23H25BrF2O/c24-11-4-2-1-3-6-16-12-20(27)13-17-7-5-8-18(14-22(16)17)21-10-9-19(25)15-23(21)26/h9-10,12-15,27H,1-8,11H2. The zero-order valence-electron chi connectivity index (χ0n) is 15.4. The lowest BCUT2D eigenvalue weighted by molar-refractivity contribution is 0.473. The molecule has 0 saturated carbocycles. The van der Waals surface area contributed by atoms with Gasteiger partial charge in [-0.2, -0.15) is 0 Å². The van der Waals surface area contributed by atoms with Gasteiger partial charge < -0.3 is 5.11 Å². The molecule has 0 bridgehead atoms. The number of fused-ring (bicyclic) bond motifs is 1. The van der Waals surface area contributed by atoms with Crippen molar-refractivity contribution in [3.8, 4) is 5.75 Å². The number of rotatable bonds is 7. The first-order valence-electron chi connectivity index (χ1n) is 9.65. The van der Waals surface area contributed by atoms with Crippen LogP contribution in [0.1, 0.15) is 60.8 Å². The van der Waals surface area contributed by atoms with Crippen LogP contribution < -0.4 is 0 Å². The van der Waals surface area contributed by atoms with Crippen LogP contribution in [0.3, 0.4) is 0 Å². The second-order valence-corrected chi connectivity index (χ2v) is 7.97. The smallest absolute Gasteiger partial charge is 0.133 e. The summed E-state index contributed by atoms with van der Waals surface area (Å²) in [4.78, 5) is 0. The van der Waals surface area contributed by atoms with Crippen molar-refractivity contribution in [3.63, 3.8) is 0 Å². The van der Waals surface area contributed by atoms with E-state index in [2.05, 4.69) is 15.9 Å². The van der Waals surface area contributed by atoms with Gasteiger partial charge in [-0.25, -0.2) is 8.78 Å². The molecule has 2 aromatic carbocycles. The molecular formula is C23H25BrF2O. The van der Waals surface area contributed by atoms with Gasteiger partial charge >= 0.3 is 0 Å². The second-order valence-electron chi connectivity index (χ2n) is 7.18. The van der Waals surface area contributed by atoms with Gasteiger partial charge in [-0.15, -0.1) is 0 Å². The number of hydrogen-bond acceptors (Lipinski definition) is 1. The van der Waals surface area contributed by atoms with Crippen LogP contribution in [0.15, 0.2) is 30.3 Å². The third-order valence-corrected chi connectivity index (χ3v) is 5.71. The summed E-state index contributed by atoms with van der Waals surface area (Å²) in [6, 6.07) is 7.45. The average Bonchev–Trinajstić information content (AvgIpc) is 2.84. The number of alkyl halides is 1. The van der Waals surface area contributed by atoms with Gasteiger partial charge in [0.1, 0.15) is 17.4 Å². The van der Waals surface area contributed by atoms with E-state index in [4.69, 9.17) is 0 Å². The summed E-state index contributed by atoms with van der Waals surface area (Å²) in [6.45, 7) is 0. The van der Waals surface area contributed by atoms with Gasteiger partial charge in [0.2, 0.25) is 0 Å². The molecule has 27 heavy (non-hydrogen) atoms. The molecule has 0 amide bonds. The molecule has 4 heteroatoms. The lowest BCUT2D eigenvalue weighted by Gasteiger charge is -2.13. The van der Waals surface area contributed by atoms with Gasteiger partial charge in [0.05, 0.1) is 0 Å². The Bertz CT molecular complexity index is 829. The zero-order chi connectivity index (χ0) is 19.2. The number of benzene rings is 2. The summed E-state index contributed by atoms with van der Waals surface area (Å²) in [7, 11) is 0. The molecule has 0 saturated heterocycles. The first-order chi connectivity index (χ1) is 13.1. The Hall–Kier alpha value is -1.68. The highest BCUT2D eigenvalue weighted by Gasteiger charge is 2.17. The molecule has 2 aromatic rings. The molecular weight excluding hydrogens is 410 g/mol. The maximum atomic E-state index is 14.3. The number of allylic oxidation sites excluding steroid dienone is 1. The number of phenolic OH excluding ortho intramolecular Hbond substituents is 1. The topological polar surface area (TPSA) is 20.2 Å². The molecule has 0 atom stereocenters. The van der Waals surface area contributed by atoms with Crippen LogP contribution in [-0.2, 0) is 12.8 Å².